The molecule has 3 N–H and O–H groups in total. The van der Waals surface area contributed by atoms with E-state index in [9.17, 15) is 0 Å². The Labute approximate surface area is 119 Å². The highest BCUT2D eigenvalue weighted by molar-refractivity contribution is 7.09. The molecule has 5 heteroatoms. The second-order valence-corrected chi connectivity index (χ2v) is 6.27. The minimum absolute atomic E-state index is 0.107. The molecule has 4 nitrogen and oxygen atoms in total. The van der Waals surface area contributed by atoms with E-state index < -0.39 is 0 Å². The van der Waals surface area contributed by atoms with Gasteiger partial charge in [-0.2, -0.15) is 0 Å². The number of nitrogens with one attached hydrogen (secondary N) is 1. The quantitative estimate of drug-likeness (QED) is 0.479. The molecule has 1 fully saturated rings. The summed E-state index contributed by atoms with van der Waals surface area (Å²) in [5.41, 5.74) is 4.79. The molecule has 0 radical (unpaired) electrons. The maximum atomic E-state index is 6.19. The van der Waals surface area contributed by atoms with Gasteiger partial charge in [-0.05, 0) is 19.8 Å². The fourth-order valence-electron chi connectivity index (χ4n) is 3.15. The van der Waals surface area contributed by atoms with Crippen LogP contribution in [0.3, 0.4) is 0 Å². The first kappa shape index (κ1) is 14.9. The van der Waals surface area contributed by atoms with E-state index >= 15 is 0 Å². The van der Waals surface area contributed by atoms with Gasteiger partial charge >= 0.3 is 0 Å². The van der Waals surface area contributed by atoms with Gasteiger partial charge in [0, 0.05) is 24.1 Å². The highest BCUT2D eigenvalue weighted by Crippen LogP contribution is 2.35. The van der Waals surface area contributed by atoms with Crippen molar-refractivity contribution in [2.45, 2.75) is 63.5 Å². The molecular weight excluding hydrogens is 258 g/mol. The Morgan fingerprint density at radius 3 is 2.68 bits per heavy atom. The zero-order valence-electron chi connectivity index (χ0n) is 11.7. The van der Waals surface area contributed by atoms with Gasteiger partial charge in [0.15, 0.2) is 0 Å². The summed E-state index contributed by atoms with van der Waals surface area (Å²) in [6, 6.07) is 0.172. The van der Waals surface area contributed by atoms with Gasteiger partial charge in [-0.1, -0.05) is 25.7 Å². The van der Waals surface area contributed by atoms with Crippen molar-refractivity contribution in [3.8, 4) is 0 Å². The van der Waals surface area contributed by atoms with Crippen LogP contribution in [0, 0.1) is 0 Å². The third-order valence-corrected chi connectivity index (χ3v) is 4.91. The van der Waals surface area contributed by atoms with Crippen LogP contribution in [0.25, 0.3) is 0 Å². The molecule has 19 heavy (non-hydrogen) atoms. The average molecular weight is 283 g/mol. The molecule has 108 valence electrons. The highest BCUT2D eigenvalue weighted by Gasteiger charge is 2.39. The number of nitrogens with zero attached hydrogens (tertiary/aromatic N) is 1. The fraction of sp³-hybridized carbons (Fsp3) is 0.786. The van der Waals surface area contributed by atoms with Crippen LogP contribution < -0.4 is 11.3 Å². The number of aromatic nitrogens is 1. The van der Waals surface area contributed by atoms with E-state index in [1.165, 1.54) is 30.6 Å². The van der Waals surface area contributed by atoms with Gasteiger partial charge in [-0.3, -0.25) is 16.3 Å². The zero-order chi connectivity index (χ0) is 13.6. The van der Waals surface area contributed by atoms with Crippen molar-refractivity contribution in [3.63, 3.8) is 0 Å². The van der Waals surface area contributed by atoms with Gasteiger partial charge in [0.25, 0.3) is 0 Å². The van der Waals surface area contributed by atoms with Crippen molar-refractivity contribution < 1.29 is 4.74 Å². The molecule has 1 heterocycles. The molecule has 0 amide bonds. The number of nitrogens with two attached hydrogens (primary N) is 1. The van der Waals surface area contributed by atoms with E-state index in [1.807, 2.05) is 11.7 Å². The molecule has 0 aromatic carbocycles. The van der Waals surface area contributed by atoms with E-state index in [1.54, 1.807) is 11.3 Å². The molecule has 0 aliphatic heterocycles. The standard InChI is InChI=1S/C14H25N3OS/c1-2-18-14(7-5-3-4-6-8-14)13(17-15)9-12-10-16-11-19-12/h10-11,13,17H,2-9,15H2,1H3. The molecule has 1 aromatic heterocycles. The minimum atomic E-state index is -0.107. The topological polar surface area (TPSA) is 60.2 Å². The third kappa shape index (κ3) is 3.75. The number of ether oxygens (including phenoxy) is 1. The summed E-state index contributed by atoms with van der Waals surface area (Å²) in [5.74, 6) is 5.84. The number of hydrogen-bond acceptors (Lipinski definition) is 5. The molecule has 0 spiro atoms. The summed E-state index contributed by atoms with van der Waals surface area (Å²) < 4.78 is 6.19. The Bertz CT molecular complexity index is 348. The molecule has 1 aliphatic rings. The molecule has 1 aromatic rings. The molecular formula is C14H25N3OS. The fourth-order valence-corrected chi connectivity index (χ4v) is 3.79. The number of hydrazine groups is 1. The van der Waals surface area contributed by atoms with Crippen molar-refractivity contribution in [3.05, 3.63) is 16.6 Å². The number of hydrogen-bond donors (Lipinski definition) is 2. The van der Waals surface area contributed by atoms with E-state index in [0.717, 1.165) is 25.9 Å². The first-order valence-corrected chi connectivity index (χ1v) is 8.16. The Morgan fingerprint density at radius 2 is 2.16 bits per heavy atom. The third-order valence-electron chi connectivity index (χ3n) is 4.11. The molecule has 1 saturated carbocycles. The van der Waals surface area contributed by atoms with Crippen LogP contribution in [0.5, 0.6) is 0 Å². The summed E-state index contributed by atoms with van der Waals surface area (Å²) in [7, 11) is 0. The molecule has 0 saturated heterocycles. The lowest BCUT2D eigenvalue weighted by atomic mass is 9.84. The predicted molar refractivity (Wildman–Crippen MR) is 79.0 cm³/mol. The second-order valence-electron chi connectivity index (χ2n) is 5.30. The normalized spacial score (nSPS) is 20.9. The van der Waals surface area contributed by atoms with Crippen LogP contribution in [-0.2, 0) is 11.2 Å². The van der Waals surface area contributed by atoms with Crippen LogP contribution in [-0.4, -0.2) is 23.2 Å². The van der Waals surface area contributed by atoms with Crippen LogP contribution in [0.1, 0.15) is 50.3 Å². The lowest BCUT2D eigenvalue weighted by Gasteiger charge is -2.39. The lowest BCUT2D eigenvalue weighted by Crippen LogP contribution is -2.55. The van der Waals surface area contributed by atoms with Crippen molar-refractivity contribution in [2.24, 2.45) is 5.84 Å². The highest BCUT2D eigenvalue weighted by atomic mass is 32.1. The van der Waals surface area contributed by atoms with Crippen molar-refractivity contribution in [1.29, 1.82) is 0 Å². The van der Waals surface area contributed by atoms with E-state index in [-0.39, 0.29) is 11.6 Å². The monoisotopic (exact) mass is 283 g/mol. The van der Waals surface area contributed by atoms with Gasteiger partial charge in [0.1, 0.15) is 0 Å². The summed E-state index contributed by atoms with van der Waals surface area (Å²) in [4.78, 5) is 5.42. The largest absolute Gasteiger partial charge is 0.374 e. The van der Waals surface area contributed by atoms with Crippen LogP contribution >= 0.6 is 11.3 Å². The van der Waals surface area contributed by atoms with Gasteiger partial charge in [-0.25, -0.2) is 0 Å². The Morgan fingerprint density at radius 1 is 1.42 bits per heavy atom. The van der Waals surface area contributed by atoms with Crippen LogP contribution in [0.15, 0.2) is 11.7 Å². The Hall–Kier alpha value is -0.490. The van der Waals surface area contributed by atoms with E-state index in [4.69, 9.17) is 10.6 Å². The SMILES string of the molecule is CCOC1(C(Cc2cncs2)NN)CCCCCC1. The summed E-state index contributed by atoms with van der Waals surface area (Å²) >= 11 is 1.69. The van der Waals surface area contributed by atoms with E-state index in [2.05, 4.69) is 17.3 Å². The van der Waals surface area contributed by atoms with Gasteiger partial charge in [0.05, 0.1) is 17.2 Å². The van der Waals surface area contributed by atoms with Crippen LogP contribution in [0.2, 0.25) is 0 Å². The molecule has 1 unspecified atom stereocenters. The molecule has 1 atom stereocenters. The molecule has 0 bridgehead atoms. The van der Waals surface area contributed by atoms with Gasteiger partial charge in [0.2, 0.25) is 0 Å². The predicted octanol–water partition coefficient (Wildman–Crippen LogP) is 2.65. The maximum absolute atomic E-state index is 6.19. The van der Waals surface area contributed by atoms with Gasteiger partial charge in [-0.15, -0.1) is 11.3 Å². The average Bonchev–Trinajstić information content (AvgIpc) is 2.82. The Kier molecular flexibility index (Phi) is 5.76. The lowest BCUT2D eigenvalue weighted by molar-refractivity contribution is -0.0766. The van der Waals surface area contributed by atoms with Crippen LogP contribution in [0.4, 0.5) is 0 Å². The molecule has 2 rings (SSSR count). The van der Waals surface area contributed by atoms with Crippen molar-refractivity contribution >= 4 is 11.3 Å². The van der Waals surface area contributed by atoms with Crippen molar-refractivity contribution in [2.75, 3.05) is 6.61 Å². The number of thiazole rings is 1. The van der Waals surface area contributed by atoms with E-state index in [0.29, 0.717) is 0 Å². The zero-order valence-corrected chi connectivity index (χ0v) is 12.5. The first-order valence-electron chi connectivity index (χ1n) is 7.28. The molecule has 1 aliphatic carbocycles. The second kappa shape index (κ2) is 7.33. The summed E-state index contributed by atoms with van der Waals surface area (Å²) in [6.45, 7) is 2.83. The maximum Gasteiger partial charge on any atom is 0.0851 e. The summed E-state index contributed by atoms with van der Waals surface area (Å²) in [6.07, 6.45) is 10.1. The first-order chi connectivity index (χ1) is 9.30. The Balaban J connectivity index is 2.13. The number of rotatable bonds is 6. The van der Waals surface area contributed by atoms with Crippen molar-refractivity contribution in [1.82, 2.24) is 10.4 Å². The minimum Gasteiger partial charge on any atom is -0.374 e. The smallest absolute Gasteiger partial charge is 0.0851 e. The summed E-state index contributed by atoms with van der Waals surface area (Å²) in [5, 5.41) is 0. The van der Waals surface area contributed by atoms with Gasteiger partial charge < -0.3 is 4.74 Å².